The van der Waals surface area contributed by atoms with Gasteiger partial charge in [-0.25, -0.2) is 18.7 Å². The maximum Gasteiger partial charge on any atom is 0.295 e. The second-order valence-electron chi connectivity index (χ2n) is 9.56. The molecule has 1 atom stereocenters. The van der Waals surface area contributed by atoms with E-state index in [0.717, 1.165) is 25.7 Å². The van der Waals surface area contributed by atoms with Crippen LogP contribution in [0.25, 0.3) is 11.2 Å². The number of fused-ring (bicyclic) bond motifs is 1. The van der Waals surface area contributed by atoms with Crippen molar-refractivity contribution in [2.45, 2.75) is 44.4 Å². The SMILES string of the molecule is CP(C)(=O)c1cc(C2CCC2)ccc1Nc1cc(NC(=O)C2CC2)nc2c1nc(C(F)F)n2PI. The smallest absolute Gasteiger partial charge is 0.295 e. The highest BCUT2D eigenvalue weighted by Gasteiger charge is 2.31. The number of imidazole rings is 1. The van der Waals surface area contributed by atoms with Crippen LogP contribution in [-0.2, 0) is 9.36 Å². The van der Waals surface area contributed by atoms with Crippen molar-refractivity contribution in [3.8, 4) is 0 Å². The maximum atomic E-state index is 13.8. The standard InChI is InChI=1S/C23H26F2IN5O2P2/c1-35(2,33)17-10-14(12-4-3-5-12)8-9-15(17)27-16-11-18(29-23(32)13-6-7-13)28-21-19(16)30-22(20(24)25)31(21)34-26/h8-13,20,34H,3-7H2,1-2H3,(H2,27,28,29,32). The number of nitrogens with one attached hydrogen (secondary N) is 2. The summed E-state index contributed by atoms with van der Waals surface area (Å²) in [4.78, 5) is 21.1. The van der Waals surface area contributed by atoms with Gasteiger partial charge in [0.1, 0.15) is 18.5 Å². The Labute approximate surface area is 216 Å². The van der Waals surface area contributed by atoms with Gasteiger partial charge in [-0.2, -0.15) is 0 Å². The van der Waals surface area contributed by atoms with Crippen LogP contribution in [0.5, 0.6) is 0 Å². The molecule has 1 aromatic carbocycles. The van der Waals surface area contributed by atoms with Crippen LogP contribution < -0.4 is 15.9 Å². The third-order valence-electron chi connectivity index (χ3n) is 6.57. The lowest BCUT2D eigenvalue weighted by molar-refractivity contribution is -0.117. The summed E-state index contributed by atoms with van der Waals surface area (Å²) in [5.74, 6) is 0.231. The molecule has 2 aliphatic carbocycles. The molecule has 0 radical (unpaired) electrons. The molecular formula is C23H26F2IN5O2P2. The van der Waals surface area contributed by atoms with Gasteiger partial charge in [-0.3, -0.25) is 9.13 Å². The van der Waals surface area contributed by atoms with Crippen molar-refractivity contribution in [1.29, 1.82) is 0 Å². The summed E-state index contributed by atoms with van der Waals surface area (Å²) in [6, 6.07) is 7.57. The molecule has 35 heavy (non-hydrogen) atoms. The van der Waals surface area contributed by atoms with E-state index in [0.29, 0.717) is 22.6 Å². The van der Waals surface area contributed by atoms with Crippen LogP contribution in [-0.4, -0.2) is 33.5 Å². The van der Waals surface area contributed by atoms with Gasteiger partial charge in [0.05, 0.1) is 12.1 Å². The topological polar surface area (TPSA) is 88.9 Å². The number of hydrogen-bond donors (Lipinski definition) is 2. The fourth-order valence-electron chi connectivity index (χ4n) is 4.27. The van der Waals surface area contributed by atoms with E-state index in [1.165, 1.54) is 16.3 Å². The van der Waals surface area contributed by atoms with Gasteiger partial charge in [-0.15, -0.1) is 0 Å². The zero-order valence-electron chi connectivity index (χ0n) is 19.3. The molecule has 0 saturated heterocycles. The van der Waals surface area contributed by atoms with Gasteiger partial charge in [0.2, 0.25) is 5.91 Å². The quantitative estimate of drug-likeness (QED) is 0.212. The van der Waals surface area contributed by atoms with Gasteiger partial charge in [-0.1, -0.05) is 12.5 Å². The van der Waals surface area contributed by atoms with Gasteiger partial charge in [-0.05, 0) is 84.7 Å². The molecule has 3 aromatic rings. The molecule has 2 aliphatic rings. The fourth-order valence-corrected chi connectivity index (χ4v) is 7.33. The van der Waals surface area contributed by atoms with Gasteiger partial charge in [0.25, 0.3) is 6.43 Å². The molecule has 2 N–H and O–H groups in total. The molecule has 7 nitrogen and oxygen atoms in total. The Morgan fingerprint density at radius 1 is 1.17 bits per heavy atom. The van der Waals surface area contributed by atoms with Crippen molar-refractivity contribution in [3.05, 3.63) is 35.7 Å². The monoisotopic (exact) mass is 631 g/mol. The summed E-state index contributed by atoms with van der Waals surface area (Å²) in [6.07, 6.45) is 2.31. The predicted molar refractivity (Wildman–Crippen MR) is 147 cm³/mol. The van der Waals surface area contributed by atoms with Crippen LogP contribution in [0.2, 0.25) is 0 Å². The number of aromatic nitrogens is 3. The molecule has 0 bridgehead atoms. The normalized spacial score (nSPS) is 16.9. The Kier molecular flexibility index (Phi) is 6.92. The minimum Gasteiger partial charge on any atom is -0.353 e. The Balaban J connectivity index is 1.62. The number of carbonyl (C=O) groups excluding carboxylic acids is 1. The number of benzene rings is 1. The summed E-state index contributed by atoms with van der Waals surface area (Å²) in [5, 5.41) is 6.83. The first-order valence-corrected chi connectivity index (χ1v) is 18.2. The molecule has 2 aromatic heterocycles. The van der Waals surface area contributed by atoms with E-state index in [1.54, 1.807) is 19.4 Å². The minimum absolute atomic E-state index is 0.0337. The number of pyridine rings is 1. The van der Waals surface area contributed by atoms with Crippen LogP contribution in [0.3, 0.4) is 0 Å². The zero-order chi connectivity index (χ0) is 24.9. The van der Waals surface area contributed by atoms with E-state index in [2.05, 4.69) is 20.6 Å². The number of halogens is 3. The van der Waals surface area contributed by atoms with E-state index in [9.17, 15) is 18.1 Å². The van der Waals surface area contributed by atoms with E-state index in [-0.39, 0.29) is 41.0 Å². The molecule has 12 heteroatoms. The predicted octanol–water partition coefficient (Wildman–Crippen LogP) is 6.77. The second kappa shape index (κ2) is 9.67. The molecule has 2 fully saturated rings. The highest BCUT2D eigenvalue weighted by molar-refractivity contribution is 14.2. The average molecular weight is 631 g/mol. The largest absolute Gasteiger partial charge is 0.353 e. The Morgan fingerprint density at radius 3 is 2.49 bits per heavy atom. The van der Waals surface area contributed by atoms with E-state index < -0.39 is 13.6 Å². The Bertz CT molecular complexity index is 1350. The summed E-state index contributed by atoms with van der Waals surface area (Å²) in [7, 11) is -2.66. The molecule has 0 spiro atoms. The molecular weight excluding hydrogens is 605 g/mol. The highest BCUT2D eigenvalue weighted by Crippen LogP contribution is 2.44. The van der Waals surface area contributed by atoms with Crippen LogP contribution in [0, 0.1) is 5.92 Å². The lowest BCUT2D eigenvalue weighted by Gasteiger charge is -2.27. The zero-order valence-corrected chi connectivity index (χ0v) is 23.4. The number of hydrogen-bond acceptors (Lipinski definition) is 5. The second-order valence-corrected chi connectivity index (χ2v) is 14.8. The molecule has 5 rings (SSSR count). The third-order valence-corrected chi connectivity index (χ3v) is 10.2. The molecule has 2 saturated carbocycles. The minimum atomic E-state index is -2.77. The lowest BCUT2D eigenvalue weighted by atomic mass is 9.80. The van der Waals surface area contributed by atoms with Crippen molar-refractivity contribution in [2.24, 2.45) is 5.92 Å². The third kappa shape index (κ3) is 5.12. The fraction of sp³-hybridized carbons (Fsp3) is 0.435. The maximum absolute atomic E-state index is 13.8. The van der Waals surface area contributed by atoms with Crippen molar-refractivity contribution < 1.29 is 18.1 Å². The van der Waals surface area contributed by atoms with E-state index in [4.69, 9.17) is 0 Å². The van der Waals surface area contributed by atoms with Gasteiger partial charge < -0.3 is 15.2 Å². The van der Waals surface area contributed by atoms with Crippen molar-refractivity contribution in [2.75, 3.05) is 24.0 Å². The van der Waals surface area contributed by atoms with Crippen LogP contribution in [0.4, 0.5) is 26.0 Å². The molecule has 1 unspecified atom stereocenters. The molecule has 0 aliphatic heterocycles. The van der Waals surface area contributed by atoms with Gasteiger partial charge in [0, 0.05) is 23.0 Å². The van der Waals surface area contributed by atoms with Crippen LogP contribution >= 0.6 is 35.6 Å². The number of amides is 1. The van der Waals surface area contributed by atoms with Crippen molar-refractivity contribution in [3.63, 3.8) is 0 Å². The molecule has 186 valence electrons. The number of nitrogens with zero attached hydrogens (tertiary/aromatic N) is 3. The van der Waals surface area contributed by atoms with E-state index >= 15 is 0 Å². The number of carbonyl (C=O) groups is 1. The Morgan fingerprint density at radius 2 is 1.91 bits per heavy atom. The first kappa shape index (κ1) is 25.0. The number of rotatable bonds is 8. The highest BCUT2D eigenvalue weighted by atomic mass is 127. The van der Waals surface area contributed by atoms with Gasteiger partial charge in [0.15, 0.2) is 11.5 Å². The number of anilines is 3. The summed E-state index contributed by atoms with van der Waals surface area (Å²) >= 11 is 2.02. The average Bonchev–Trinajstić information content (AvgIpc) is 3.53. The lowest BCUT2D eigenvalue weighted by Crippen LogP contribution is -2.16. The van der Waals surface area contributed by atoms with Crippen LogP contribution in [0.1, 0.15) is 55.8 Å². The first-order chi connectivity index (χ1) is 16.7. The first-order valence-electron chi connectivity index (χ1n) is 11.5. The van der Waals surface area contributed by atoms with Crippen molar-refractivity contribution in [1.82, 2.24) is 14.3 Å². The summed E-state index contributed by atoms with van der Waals surface area (Å²) < 4.78 is 42.2. The van der Waals surface area contributed by atoms with E-state index in [1.807, 2.05) is 40.2 Å². The van der Waals surface area contributed by atoms with Gasteiger partial charge >= 0.3 is 0 Å². The number of alkyl halides is 2. The molecule has 1 amide bonds. The summed E-state index contributed by atoms with van der Waals surface area (Å²) in [5.41, 5.74) is 2.80. The van der Waals surface area contributed by atoms with Crippen molar-refractivity contribution >= 4 is 75.1 Å². The van der Waals surface area contributed by atoms with Crippen LogP contribution in [0.15, 0.2) is 24.3 Å². The molecule has 2 heterocycles. The Hall–Kier alpha value is -1.64. The summed E-state index contributed by atoms with van der Waals surface area (Å²) in [6.45, 7) is 3.45.